The Balaban J connectivity index is 1.89. The number of carbonyl (C=O) groups excluding carboxylic acids is 2. The van der Waals surface area contributed by atoms with Crippen LogP contribution in [0, 0.1) is 0 Å². The molecule has 1 aliphatic heterocycles. The molecule has 1 fully saturated rings. The number of rotatable bonds is 4. The van der Waals surface area contributed by atoms with Crippen molar-refractivity contribution in [3.8, 4) is 0 Å². The van der Waals surface area contributed by atoms with Crippen molar-refractivity contribution in [1.82, 2.24) is 9.80 Å². The highest BCUT2D eigenvalue weighted by Crippen LogP contribution is 2.13. The van der Waals surface area contributed by atoms with Crippen molar-refractivity contribution in [1.29, 1.82) is 0 Å². The van der Waals surface area contributed by atoms with Gasteiger partial charge in [0.25, 0.3) is 5.91 Å². The van der Waals surface area contributed by atoms with Crippen LogP contribution in [0.4, 0.5) is 5.69 Å². The number of morpholine rings is 1. The topological polar surface area (TPSA) is 61.9 Å². The first-order chi connectivity index (χ1) is 10.8. The van der Waals surface area contributed by atoms with Crippen LogP contribution >= 0.6 is 0 Å². The minimum Gasteiger partial charge on any atom is -0.373 e. The number of benzene rings is 1. The zero-order valence-electron chi connectivity index (χ0n) is 14.2. The van der Waals surface area contributed by atoms with Gasteiger partial charge >= 0.3 is 0 Å². The molecule has 0 aliphatic carbocycles. The fourth-order valence-corrected chi connectivity index (χ4v) is 2.77. The van der Waals surface area contributed by atoms with E-state index in [4.69, 9.17) is 4.74 Å². The Bertz CT molecular complexity index is 547. The predicted octanol–water partition coefficient (Wildman–Crippen LogP) is 1.44. The van der Waals surface area contributed by atoms with Crippen LogP contribution in [0.5, 0.6) is 0 Å². The summed E-state index contributed by atoms with van der Waals surface area (Å²) in [5.41, 5.74) is 1.29. The third-order valence-electron chi connectivity index (χ3n) is 3.68. The van der Waals surface area contributed by atoms with Crippen molar-refractivity contribution < 1.29 is 14.3 Å². The predicted molar refractivity (Wildman–Crippen MR) is 89.5 cm³/mol. The Morgan fingerprint density at radius 1 is 1.17 bits per heavy atom. The van der Waals surface area contributed by atoms with Crippen molar-refractivity contribution in [2.75, 3.05) is 39.0 Å². The maximum absolute atomic E-state index is 12.2. The SMILES string of the molecule is C[C@@H]1CN(CC(=O)Nc2ccc(C(=O)N(C)C)cc2)C[C@H](C)O1. The van der Waals surface area contributed by atoms with Crippen LogP contribution < -0.4 is 5.32 Å². The molecule has 2 amide bonds. The van der Waals surface area contributed by atoms with E-state index in [9.17, 15) is 9.59 Å². The highest BCUT2D eigenvalue weighted by molar-refractivity contribution is 5.96. The number of hydrogen-bond donors (Lipinski definition) is 1. The van der Waals surface area contributed by atoms with E-state index >= 15 is 0 Å². The second-order valence-electron chi connectivity index (χ2n) is 6.28. The number of anilines is 1. The first kappa shape index (κ1) is 17.4. The van der Waals surface area contributed by atoms with Crippen LogP contribution in [-0.4, -0.2) is 67.6 Å². The molecule has 0 bridgehead atoms. The molecule has 0 saturated carbocycles. The van der Waals surface area contributed by atoms with Crippen LogP contribution in [0.25, 0.3) is 0 Å². The minimum absolute atomic E-state index is 0.0563. The molecule has 0 unspecified atom stereocenters. The molecule has 126 valence electrons. The molecule has 1 aromatic rings. The van der Waals surface area contributed by atoms with E-state index in [-0.39, 0.29) is 24.0 Å². The standard InChI is InChI=1S/C17H25N3O3/c1-12-9-20(10-13(2)23-12)11-16(21)18-15-7-5-14(6-8-15)17(22)19(3)4/h5-8,12-13H,9-11H2,1-4H3,(H,18,21)/t12-,13+. The molecule has 2 rings (SSSR count). The smallest absolute Gasteiger partial charge is 0.253 e. The Labute approximate surface area is 137 Å². The lowest BCUT2D eigenvalue weighted by Gasteiger charge is -2.34. The van der Waals surface area contributed by atoms with E-state index in [1.54, 1.807) is 38.4 Å². The molecule has 1 saturated heterocycles. The van der Waals surface area contributed by atoms with Gasteiger partial charge in [0.05, 0.1) is 18.8 Å². The van der Waals surface area contributed by atoms with Crippen LogP contribution in [0.3, 0.4) is 0 Å². The third-order valence-corrected chi connectivity index (χ3v) is 3.68. The Hall–Kier alpha value is -1.92. The summed E-state index contributed by atoms with van der Waals surface area (Å²) in [6.45, 7) is 5.89. The Morgan fingerprint density at radius 2 is 1.74 bits per heavy atom. The number of amides is 2. The summed E-state index contributed by atoms with van der Waals surface area (Å²) < 4.78 is 5.66. The molecule has 0 radical (unpaired) electrons. The average molecular weight is 319 g/mol. The van der Waals surface area contributed by atoms with Gasteiger partial charge in [-0.3, -0.25) is 14.5 Å². The number of carbonyl (C=O) groups is 2. The summed E-state index contributed by atoms with van der Waals surface area (Å²) in [6.07, 6.45) is 0.283. The first-order valence-electron chi connectivity index (χ1n) is 7.84. The number of nitrogens with zero attached hydrogens (tertiary/aromatic N) is 2. The second kappa shape index (κ2) is 7.57. The lowest BCUT2D eigenvalue weighted by molar-refractivity contribution is -0.121. The summed E-state index contributed by atoms with van der Waals surface area (Å²) in [4.78, 5) is 27.6. The average Bonchev–Trinajstić information content (AvgIpc) is 2.45. The summed E-state index contributed by atoms with van der Waals surface area (Å²) in [5, 5.41) is 2.87. The van der Waals surface area contributed by atoms with Crippen molar-refractivity contribution in [3.05, 3.63) is 29.8 Å². The van der Waals surface area contributed by atoms with Gasteiger partial charge in [0.2, 0.25) is 5.91 Å². The van der Waals surface area contributed by atoms with E-state index < -0.39 is 0 Å². The van der Waals surface area contributed by atoms with E-state index in [1.807, 2.05) is 13.8 Å². The quantitative estimate of drug-likeness (QED) is 0.912. The van der Waals surface area contributed by atoms with Crippen LogP contribution in [-0.2, 0) is 9.53 Å². The van der Waals surface area contributed by atoms with E-state index in [1.165, 1.54) is 4.90 Å². The molecule has 1 aliphatic rings. The number of hydrogen-bond acceptors (Lipinski definition) is 4. The zero-order chi connectivity index (χ0) is 17.0. The highest BCUT2D eigenvalue weighted by atomic mass is 16.5. The highest BCUT2D eigenvalue weighted by Gasteiger charge is 2.23. The summed E-state index contributed by atoms with van der Waals surface area (Å²) in [5.74, 6) is -0.114. The fourth-order valence-electron chi connectivity index (χ4n) is 2.77. The third kappa shape index (κ3) is 5.04. The maximum Gasteiger partial charge on any atom is 0.253 e. The van der Waals surface area contributed by atoms with Crippen molar-refractivity contribution in [3.63, 3.8) is 0 Å². The van der Waals surface area contributed by atoms with Crippen molar-refractivity contribution >= 4 is 17.5 Å². The van der Waals surface area contributed by atoms with Gasteiger partial charge in [-0.05, 0) is 38.1 Å². The summed E-state index contributed by atoms with van der Waals surface area (Å²) in [6, 6.07) is 6.94. The van der Waals surface area contributed by atoms with Gasteiger partial charge in [-0.15, -0.1) is 0 Å². The number of ether oxygens (including phenoxy) is 1. The Morgan fingerprint density at radius 3 is 2.26 bits per heavy atom. The van der Waals surface area contributed by atoms with Gasteiger partial charge in [-0.2, -0.15) is 0 Å². The van der Waals surface area contributed by atoms with Gasteiger partial charge in [0.1, 0.15) is 0 Å². The molecule has 2 atom stereocenters. The molecule has 6 nitrogen and oxygen atoms in total. The lowest BCUT2D eigenvalue weighted by atomic mass is 10.2. The van der Waals surface area contributed by atoms with Crippen LogP contribution in [0.15, 0.2) is 24.3 Å². The largest absolute Gasteiger partial charge is 0.373 e. The summed E-state index contributed by atoms with van der Waals surface area (Å²) in [7, 11) is 3.42. The molecule has 23 heavy (non-hydrogen) atoms. The molecule has 1 N–H and O–H groups in total. The van der Waals surface area contributed by atoms with Crippen molar-refractivity contribution in [2.45, 2.75) is 26.1 Å². The fraction of sp³-hybridized carbons (Fsp3) is 0.529. The van der Waals surface area contributed by atoms with E-state index in [0.717, 1.165) is 13.1 Å². The maximum atomic E-state index is 12.2. The van der Waals surface area contributed by atoms with Gasteiger partial charge in [-0.1, -0.05) is 0 Å². The number of nitrogens with one attached hydrogen (secondary N) is 1. The van der Waals surface area contributed by atoms with Crippen LogP contribution in [0.1, 0.15) is 24.2 Å². The molecular formula is C17H25N3O3. The van der Waals surface area contributed by atoms with Gasteiger partial charge in [0, 0.05) is 38.4 Å². The second-order valence-corrected chi connectivity index (χ2v) is 6.28. The first-order valence-corrected chi connectivity index (χ1v) is 7.84. The lowest BCUT2D eigenvalue weighted by Crippen LogP contribution is -2.48. The molecule has 1 heterocycles. The molecular weight excluding hydrogens is 294 g/mol. The molecule has 0 aromatic heterocycles. The van der Waals surface area contributed by atoms with Crippen LogP contribution in [0.2, 0.25) is 0 Å². The van der Waals surface area contributed by atoms with Gasteiger partial charge < -0.3 is 15.0 Å². The summed E-state index contributed by atoms with van der Waals surface area (Å²) >= 11 is 0. The van der Waals surface area contributed by atoms with E-state index in [0.29, 0.717) is 17.8 Å². The Kier molecular flexibility index (Phi) is 5.74. The minimum atomic E-state index is -0.0574. The van der Waals surface area contributed by atoms with Crippen molar-refractivity contribution in [2.24, 2.45) is 0 Å². The van der Waals surface area contributed by atoms with Gasteiger partial charge in [-0.25, -0.2) is 0 Å². The van der Waals surface area contributed by atoms with Gasteiger partial charge in [0.15, 0.2) is 0 Å². The normalized spacial score (nSPS) is 21.7. The molecule has 1 aromatic carbocycles. The molecule has 6 heteroatoms. The van der Waals surface area contributed by atoms with E-state index in [2.05, 4.69) is 10.2 Å². The monoisotopic (exact) mass is 319 g/mol. The zero-order valence-corrected chi connectivity index (χ0v) is 14.2. The molecule has 0 spiro atoms.